The van der Waals surface area contributed by atoms with E-state index in [2.05, 4.69) is 70.4 Å². The summed E-state index contributed by atoms with van der Waals surface area (Å²) in [6, 6.07) is 12.6. The van der Waals surface area contributed by atoms with E-state index in [9.17, 15) is 9.59 Å². The van der Waals surface area contributed by atoms with Gasteiger partial charge in [-0.1, -0.05) is 24.3 Å². The maximum atomic E-state index is 9.77. The van der Waals surface area contributed by atoms with E-state index in [0.29, 0.717) is 0 Å². The van der Waals surface area contributed by atoms with Gasteiger partial charge in [-0.05, 0) is 43.5 Å². The van der Waals surface area contributed by atoms with Crippen molar-refractivity contribution in [1.29, 1.82) is 0 Å². The first-order valence-corrected chi connectivity index (χ1v) is 10.3. The molecule has 4 atom stereocenters. The largest absolute Gasteiger partial charge is 0.479 e. The molecule has 0 amide bonds. The zero-order valence-corrected chi connectivity index (χ0v) is 18.0. The molecule has 0 saturated carbocycles. The van der Waals surface area contributed by atoms with Crippen molar-refractivity contribution in [2.75, 3.05) is 38.1 Å². The molecule has 0 spiro atoms. The van der Waals surface area contributed by atoms with Crippen LogP contribution in [0.1, 0.15) is 5.56 Å². The van der Waals surface area contributed by atoms with Gasteiger partial charge >= 0.3 is 11.9 Å². The monoisotopic (exact) mass is 444 g/mol. The molecule has 2 fully saturated rings. The maximum Gasteiger partial charge on any atom is 0.335 e. The van der Waals surface area contributed by atoms with Crippen molar-refractivity contribution in [2.45, 2.75) is 19.1 Å². The van der Waals surface area contributed by atoms with E-state index in [1.165, 1.54) is 24.2 Å². The van der Waals surface area contributed by atoms with E-state index in [1.54, 1.807) is 0 Å². The van der Waals surface area contributed by atoms with Crippen molar-refractivity contribution >= 4 is 17.8 Å². The lowest BCUT2D eigenvalue weighted by Gasteiger charge is -2.19. The fourth-order valence-electron chi connectivity index (χ4n) is 4.18. The van der Waals surface area contributed by atoms with E-state index in [1.807, 2.05) is 0 Å². The summed E-state index contributed by atoms with van der Waals surface area (Å²) in [6.45, 7) is 6.79. The molecule has 2 aromatic rings. The number of aromatic nitrogens is 2. The van der Waals surface area contributed by atoms with Gasteiger partial charge in [0.2, 0.25) is 0 Å². The second-order valence-corrected chi connectivity index (χ2v) is 8.30. The molecular weight excluding hydrogens is 416 g/mol. The lowest BCUT2D eigenvalue weighted by molar-refractivity contribution is -0.165. The number of carbonyl (C=O) groups is 2. The van der Waals surface area contributed by atoms with E-state index in [-0.39, 0.29) is 0 Å². The molecule has 10 nitrogen and oxygen atoms in total. The molecule has 4 rings (SSSR count). The summed E-state index contributed by atoms with van der Waals surface area (Å²) in [5.41, 5.74) is 3.37. The number of carboxylic acids is 2. The summed E-state index contributed by atoms with van der Waals surface area (Å²) in [6.07, 6.45) is -4.53. The molecule has 2 aliphatic heterocycles. The van der Waals surface area contributed by atoms with Crippen LogP contribution in [0.5, 0.6) is 0 Å². The number of hydrogen-bond acceptors (Lipinski definition) is 8. The van der Waals surface area contributed by atoms with Gasteiger partial charge in [-0.2, -0.15) is 0 Å². The maximum absolute atomic E-state index is 9.77. The number of nitrogens with zero attached hydrogens (tertiary/aromatic N) is 4. The van der Waals surface area contributed by atoms with Gasteiger partial charge < -0.3 is 30.2 Å². The highest BCUT2D eigenvalue weighted by Gasteiger charge is 2.39. The summed E-state index contributed by atoms with van der Waals surface area (Å²) in [7, 11) is 2.22. The van der Waals surface area contributed by atoms with Gasteiger partial charge in [-0.15, -0.1) is 10.2 Å². The third kappa shape index (κ3) is 5.39. The molecule has 2 saturated heterocycles. The quantitative estimate of drug-likeness (QED) is 0.508. The van der Waals surface area contributed by atoms with Gasteiger partial charge in [0.1, 0.15) is 0 Å². The lowest BCUT2D eigenvalue weighted by Crippen LogP contribution is -2.39. The van der Waals surface area contributed by atoms with E-state index >= 15 is 0 Å². The van der Waals surface area contributed by atoms with Crippen LogP contribution < -0.4 is 4.90 Å². The average molecular weight is 444 g/mol. The third-order valence-corrected chi connectivity index (χ3v) is 5.87. The third-order valence-electron chi connectivity index (χ3n) is 5.87. The minimum atomic E-state index is -2.27. The van der Waals surface area contributed by atoms with Gasteiger partial charge in [-0.25, -0.2) is 9.59 Å². The summed E-state index contributed by atoms with van der Waals surface area (Å²) in [4.78, 5) is 24.4. The summed E-state index contributed by atoms with van der Waals surface area (Å²) in [5, 5.41) is 41.5. The molecule has 10 heteroatoms. The molecule has 1 aromatic heterocycles. The van der Waals surface area contributed by atoms with E-state index in [4.69, 9.17) is 20.4 Å². The molecule has 2 aliphatic rings. The fourth-order valence-corrected chi connectivity index (χ4v) is 4.18. The first kappa shape index (κ1) is 23.6. The molecule has 4 unspecified atom stereocenters. The van der Waals surface area contributed by atoms with Crippen LogP contribution in [0.2, 0.25) is 0 Å². The van der Waals surface area contributed by atoms with Crippen molar-refractivity contribution in [3.05, 3.63) is 42.0 Å². The number of aliphatic hydroxyl groups is 2. The highest BCUT2D eigenvalue weighted by atomic mass is 16.4. The Morgan fingerprint density at radius 3 is 1.94 bits per heavy atom. The number of aliphatic hydroxyl groups excluding tert-OH is 2. The van der Waals surface area contributed by atoms with Crippen LogP contribution in [-0.2, 0) is 9.59 Å². The Kier molecular flexibility index (Phi) is 7.39. The molecular formula is C22H28N4O6. The lowest BCUT2D eigenvalue weighted by atomic mass is 10.0. The minimum absolute atomic E-state index is 0.794. The zero-order valence-electron chi connectivity index (χ0n) is 18.0. The number of aliphatic carboxylic acids is 2. The Labute approximate surface area is 185 Å². The van der Waals surface area contributed by atoms with Gasteiger partial charge in [0, 0.05) is 31.7 Å². The number of aryl methyl sites for hydroxylation is 1. The minimum Gasteiger partial charge on any atom is -0.479 e. The Balaban J connectivity index is 0.000000247. The number of carboxylic acid groups (broad SMARTS) is 2. The van der Waals surface area contributed by atoms with Gasteiger partial charge in [-0.3, -0.25) is 0 Å². The van der Waals surface area contributed by atoms with Crippen molar-refractivity contribution in [3.8, 4) is 11.3 Å². The molecule has 0 aliphatic carbocycles. The number of fused-ring (bicyclic) bond motifs is 1. The topological polar surface area (TPSA) is 147 Å². The first-order valence-electron chi connectivity index (χ1n) is 10.3. The molecule has 3 heterocycles. The predicted molar refractivity (Wildman–Crippen MR) is 116 cm³/mol. The van der Waals surface area contributed by atoms with Crippen molar-refractivity contribution in [3.63, 3.8) is 0 Å². The summed E-state index contributed by atoms with van der Waals surface area (Å²) in [5.74, 6) is -0.926. The number of hydrogen-bond donors (Lipinski definition) is 4. The second kappa shape index (κ2) is 10.0. The van der Waals surface area contributed by atoms with Crippen molar-refractivity contribution in [2.24, 2.45) is 11.8 Å². The number of rotatable bonds is 5. The zero-order chi connectivity index (χ0) is 23.4. The SMILES string of the molecule is Cc1ccccc1-c1ccc(N2CC3CN(C)CC3C2)nn1.O=C(O)C(O)C(O)C(=O)O. The molecule has 0 radical (unpaired) electrons. The number of benzene rings is 1. The summed E-state index contributed by atoms with van der Waals surface area (Å²) < 4.78 is 0. The van der Waals surface area contributed by atoms with Crippen LogP contribution >= 0.6 is 0 Å². The Bertz CT molecular complexity index is 922. The van der Waals surface area contributed by atoms with Crippen LogP contribution in [0, 0.1) is 18.8 Å². The van der Waals surface area contributed by atoms with Crippen molar-refractivity contribution in [1.82, 2.24) is 15.1 Å². The van der Waals surface area contributed by atoms with Crippen LogP contribution in [0.4, 0.5) is 5.82 Å². The molecule has 0 bridgehead atoms. The highest BCUT2D eigenvalue weighted by molar-refractivity contribution is 5.83. The van der Waals surface area contributed by atoms with Crippen LogP contribution in [0.15, 0.2) is 36.4 Å². The molecule has 4 N–H and O–H groups in total. The second-order valence-electron chi connectivity index (χ2n) is 8.30. The Morgan fingerprint density at radius 2 is 1.47 bits per heavy atom. The smallest absolute Gasteiger partial charge is 0.335 e. The average Bonchev–Trinajstić information content (AvgIpc) is 3.31. The number of anilines is 1. The van der Waals surface area contributed by atoms with E-state index < -0.39 is 24.1 Å². The molecule has 1 aromatic carbocycles. The Morgan fingerprint density at radius 1 is 0.906 bits per heavy atom. The fraction of sp³-hybridized carbons (Fsp3) is 0.455. The van der Waals surface area contributed by atoms with E-state index in [0.717, 1.165) is 36.4 Å². The van der Waals surface area contributed by atoms with Gasteiger partial charge in [0.15, 0.2) is 18.0 Å². The van der Waals surface area contributed by atoms with Gasteiger partial charge in [0.25, 0.3) is 0 Å². The predicted octanol–water partition coefficient (Wildman–Crippen LogP) is 0.327. The number of likely N-dealkylation sites (tertiary alicyclic amines) is 1. The highest BCUT2D eigenvalue weighted by Crippen LogP contribution is 2.32. The molecule has 32 heavy (non-hydrogen) atoms. The van der Waals surface area contributed by atoms with Crippen LogP contribution in [-0.4, -0.2) is 92.9 Å². The standard InChI is InChI=1S/C18H22N4.C4H6O6/c1-13-5-3-4-6-16(13)17-7-8-18(20-19-17)22-11-14-9-21(2)10-15(14)12-22;5-1(3(7)8)2(6)4(9)10/h3-8,14-15H,9-12H2,1-2H3;1-2,5-6H,(H,7,8)(H,9,10). The van der Waals surface area contributed by atoms with Crippen molar-refractivity contribution < 1.29 is 30.0 Å². The normalized spacial score (nSPS) is 21.9. The van der Waals surface area contributed by atoms with Crippen LogP contribution in [0.3, 0.4) is 0 Å². The van der Waals surface area contributed by atoms with Crippen LogP contribution in [0.25, 0.3) is 11.3 Å². The summed E-state index contributed by atoms with van der Waals surface area (Å²) >= 11 is 0. The molecule has 172 valence electrons. The van der Waals surface area contributed by atoms with Gasteiger partial charge in [0.05, 0.1) is 5.69 Å². The first-order chi connectivity index (χ1) is 15.2. The Hall–Kier alpha value is -3.08.